The van der Waals surface area contributed by atoms with Crippen LogP contribution in [-0.2, 0) is 10.8 Å². The molecule has 2 aliphatic heterocycles. The molecule has 7 nitrogen and oxygen atoms in total. The Morgan fingerprint density at radius 1 is 0.741 bits per heavy atom. The molecule has 1 aliphatic carbocycles. The van der Waals surface area contributed by atoms with Crippen molar-refractivity contribution in [1.29, 1.82) is 0 Å². The van der Waals surface area contributed by atoms with Crippen molar-refractivity contribution in [1.82, 2.24) is 0 Å². The second kappa shape index (κ2) is 14.1. The van der Waals surface area contributed by atoms with Gasteiger partial charge in [0.1, 0.15) is 6.54 Å². The van der Waals surface area contributed by atoms with E-state index < -0.39 is 22.8 Å². The summed E-state index contributed by atoms with van der Waals surface area (Å²) in [4.78, 5) is 28.5. The molecule has 3 aliphatic rings. The van der Waals surface area contributed by atoms with Crippen molar-refractivity contribution in [2.24, 2.45) is 0 Å². The van der Waals surface area contributed by atoms with Crippen LogP contribution in [-0.4, -0.2) is 45.5 Å². The van der Waals surface area contributed by atoms with Gasteiger partial charge in [0.15, 0.2) is 5.71 Å². The molecule has 0 aromatic heterocycles. The second-order valence-corrected chi connectivity index (χ2v) is 15.2. The Kier molecular flexibility index (Phi) is 9.52. The molecule has 0 saturated carbocycles. The molecular formula is C47H48N3O4+. The fourth-order valence-electron chi connectivity index (χ4n) is 8.54. The lowest BCUT2D eigenvalue weighted by Crippen LogP contribution is -2.27. The van der Waals surface area contributed by atoms with Crippen LogP contribution in [0.1, 0.15) is 86.2 Å². The lowest BCUT2D eigenvalue weighted by atomic mass is 9.80. The third-order valence-electron chi connectivity index (χ3n) is 11.3. The summed E-state index contributed by atoms with van der Waals surface area (Å²) in [5.41, 5.74) is 11.9. The number of hydrogen-bond donors (Lipinski definition) is 2. The molecule has 0 fully saturated rings. The van der Waals surface area contributed by atoms with Crippen molar-refractivity contribution in [3.05, 3.63) is 166 Å². The maximum Gasteiger partial charge on any atom is 0.335 e. The van der Waals surface area contributed by atoms with Crippen LogP contribution < -0.4 is 9.80 Å². The van der Waals surface area contributed by atoms with E-state index in [0.717, 1.165) is 76.9 Å². The van der Waals surface area contributed by atoms with Crippen molar-refractivity contribution < 1.29 is 24.4 Å². The number of likely N-dealkylation sites (N-methyl/N-ethyl adjacent to an activating group) is 1. The molecule has 7 rings (SSSR count). The van der Waals surface area contributed by atoms with Gasteiger partial charge in [0.25, 0.3) is 0 Å². The average Bonchev–Trinajstić information content (AvgIpc) is 3.74. The fraction of sp³-hybridized carbons (Fsp3) is 0.255. The minimum Gasteiger partial charge on any atom is -0.478 e. The smallest absolute Gasteiger partial charge is 0.335 e. The van der Waals surface area contributed by atoms with E-state index in [1.807, 2.05) is 36.4 Å². The topological polar surface area (TPSA) is 84.1 Å². The van der Waals surface area contributed by atoms with Crippen LogP contribution in [0.5, 0.6) is 0 Å². The summed E-state index contributed by atoms with van der Waals surface area (Å²) in [6.45, 7) is 14.5. The van der Waals surface area contributed by atoms with Gasteiger partial charge in [-0.15, -0.1) is 0 Å². The number of nitrogens with zero attached hydrogens (tertiary/aromatic N) is 3. The molecule has 0 radical (unpaired) electrons. The highest BCUT2D eigenvalue weighted by Crippen LogP contribution is 2.49. The zero-order valence-corrected chi connectivity index (χ0v) is 31.9. The molecule has 0 spiro atoms. The van der Waals surface area contributed by atoms with E-state index in [9.17, 15) is 19.8 Å². The maximum absolute atomic E-state index is 11.9. The standard InChI is InChI=1S/C47H47N3O4/c1-7-48-39-25-21-33(44(51)52)29-37(39)46(3,4)41(48)27-23-31-19-20-32(43(31)50(35-15-11-9-12-16-35)36-17-13-10-14-18-36)24-28-42-47(5,6)38-30-34(45(53)54)22-26-40(38)49(42)8-2/h9-18,21-30H,7-8,19-20H2,1-6H3,(H-,51,52,53,54)/p+1. The Morgan fingerprint density at radius 3 is 1.91 bits per heavy atom. The van der Waals surface area contributed by atoms with Gasteiger partial charge in [0, 0.05) is 52.4 Å². The van der Waals surface area contributed by atoms with Crippen molar-refractivity contribution in [2.45, 2.75) is 65.2 Å². The Bertz CT molecular complexity index is 2270. The number of anilines is 3. The van der Waals surface area contributed by atoms with E-state index in [4.69, 9.17) is 0 Å². The van der Waals surface area contributed by atoms with Crippen molar-refractivity contribution in [2.75, 3.05) is 22.9 Å². The normalized spacial score (nSPS) is 18.6. The zero-order chi connectivity index (χ0) is 38.4. The third-order valence-corrected chi connectivity index (χ3v) is 11.3. The summed E-state index contributed by atoms with van der Waals surface area (Å²) in [6, 6.07) is 31.9. The molecule has 274 valence electrons. The molecule has 7 heteroatoms. The van der Waals surface area contributed by atoms with Gasteiger partial charge in [-0.2, -0.15) is 4.58 Å². The van der Waals surface area contributed by atoms with Gasteiger partial charge in [-0.1, -0.05) is 62.4 Å². The Hall–Kier alpha value is -5.95. The van der Waals surface area contributed by atoms with Crippen LogP contribution in [0, 0.1) is 0 Å². The van der Waals surface area contributed by atoms with Gasteiger partial charge >= 0.3 is 11.9 Å². The number of carboxylic acids is 2. The van der Waals surface area contributed by atoms with Gasteiger partial charge in [0.2, 0.25) is 5.69 Å². The van der Waals surface area contributed by atoms with Crippen LogP contribution >= 0.6 is 0 Å². The van der Waals surface area contributed by atoms with Gasteiger partial charge in [-0.3, -0.25) is 0 Å². The van der Waals surface area contributed by atoms with Crippen LogP contribution in [0.2, 0.25) is 0 Å². The Morgan fingerprint density at radius 2 is 1.33 bits per heavy atom. The predicted octanol–water partition coefficient (Wildman–Crippen LogP) is 10.5. The minimum atomic E-state index is -0.922. The van der Waals surface area contributed by atoms with Crippen molar-refractivity contribution >= 4 is 40.4 Å². The second-order valence-electron chi connectivity index (χ2n) is 15.2. The molecule has 0 bridgehead atoms. The number of aromatic carboxylic acids is 2. The van der Waals surface area contributed by atoms with Gasteiger partial charge in [-0.05, 0) is 118 Å². The van der Waals surface area contributed by atoms with E-state index in [1.54, 1.807) is 12.1 Å². The van der Waals surface area contributed by atoms with E-state index in [-0.39, 0.29) is 0 Å². The quantitative estimate of drug-likeness (QED) is 0.159. The first-order chi connectivity index (χ1) is 25.9. The molecule has 0 unspecified atom stereocenters. The number of fused-ring (bicyclic) bond motifs is 2. The molecule has 4 aromatic carbocycles. The lowest BCUT2D eigenvalue weighted by molar-refractivity contribution is -0.433. The third kappa shape index (κ3) is 6.17. The summed E-state index contributed by atoms with van der Waals surface area (Å²) >= 11 is 0. The van der Waals surface area contributed by atoms with E-state index in [2.05, 4.69) is 129 Å². The van der Waals surface area contributed by atoms with Gasteiger partial charge in [0.05, 0.1) is 22.2 Å². The molecule has 0 atom stereocenters. The summed E-state index contributed by atoms with van der Waals surface area (Å²) in [7, 11) is 0. The van der Waals surface area contributed by atoms with Crippen molar-refractivity contribution in [3.8, 4) is 0 Å². The summed E-state index contributed by atoms with van der Waals surface area (Å²) in [5, 5.41) is 19.6. The highest BCUT2D eigenvalue weighted by molar-refractivity contribution is 6.04. The minimum absolute atomic E-state index is 0.298. The van der Waals surface area contributed by atoms with E-state index in [0.29, 0.717) is 11.1 Å². The highest BCUT2D eigenvalue weighted by Gasteiger charge is 2.44. The van der Waals surface area contributed by atoms with Crippen molar-refractivity contribution in [3.63, 3.8) is 0 Å². The molecular weight excluding hydrogens is 671 g/mol. The number of hydrogen-bond acceptors (Lipinski definition) is 4. The lowest BCUT2D eigenvalue weighted by Gasteiger charge is -2.29. The number of carboxylic acid groups (broad SMARTS) is 2. The summed E-state index contributed by atoms with van der Waals surface area (Å²) < 4.78 is 2.30. The first-order valence-corrected chi connectivity index (χ1v) is 18.8. The summed E-state index contributed by atoms with van der Waals surface area (Å²) in [6.07, 6.45) is 10.7. The Labute approximate surface area is 318 Å². The number of para-hydroxylation sites is 2. The fourth-order valence-corrected chi connectivity index (χ4v) is 8.54. The monoisotopic (exact) mass is 718 g/mol. The molecule has 2 heterocycles. The number of carbonyl (C=O) groups is 2. The first kappa shape index (κ1) is 36.4. The summed E-state index contributed by atoms with van der Waals surface area (Å²) in [5.74, 6) is -1.84. The maximum atomic E-state index is 11.9. The van der Waals surface area contributed by atoms with Crippen LogP contribution in [0.3, 0.4) is 0 Å². The zero-order valence-electron chi connectivity index (χ0n) is 31.9. The first-order valence-electron chi connectivity index (χ1n) is 18.8. The highest BCUT2D eigenvalue weighted by atomic mass is 16.4. The van der Waals surface area contributed by atoms with E-state index >= 15 is 0 Å². The molecule has 0 amide bonds. The van der Waals surface area contributed by atoms with Crippen LogP contribution in [0.15, 0.2) is 144 Å². The predicted molar refractivity (Wildman–Crippen MR) is 218 cm³/mol. The molecule has 54 heavy (non-hydrogen) atoms. The molecule has 4 aromatic rings. The van der Waals surface area contributed by atoms with Crippen LogP contribution in [0.4, 0.5) is 22.7 Å². The van der Waals surface area contributed by atoms with E-state index in [1.165, 1.54) is 11.1 Å². The average molecular weight is 719 g/mol. The number of allylic oxidation sites excluding steroid dienone is 7. The SMILES string of the molecule is CCN1/C(=C/C=C2\CCC(/C=C/C3=[N+](CC)c4ccc(C(=O)O)cc4C3(C)C)=C2N(c2ccccc2)c2ccccc2)C(C)(C)c2cc(C(=O)O)ccc21. The Balaban J connectivity index is 1.39. The van der Waals surface area contributed by atoms with Gasteiger partial charge in [-0.25, -0.2) is 9.59 Å². The largest absolute Gasteiger partial charge is 0.478 e. The number of benzene rings is 4. The van der Waals surface area contributed by atoms with Crippen LogP contribution in [0.25, 0.3) is 0 Å². The molecule has 0 saturated heterocycles. The molecule has 2 N–H and O–H groups in total. The van der Waals surface area contributed by atoms with Gasteiger partial charge < -0.3 is 20.0 Å². The number of rotatable bonds is 10.